The molecule has 188 valence electrons. The van der Waals surface area contributed by atoms with Crippen LogP contribution in [0.15, 0.2) is 87.5 Å². The van der Waals surface area contributed by atoms with Gasteiger partial charge < -0.3 is 4.18 Å². The van der Waals surface area contributed by atoms with Gasteiger partial charge in [0.2, 0.25) is 0 Å². The Bertz CT molecular complexity index is 968. The van der Waals surface area contributed by atoms with Crippen molar-refractivity contribution in [3.8, 4) is 0 Å². The Hall–Kier alpha value is -2.73. The van der Waals surface area contributed by atoms with E-state index in [4.69, 9.17) is 4.18 Å². The SMILES string of the molecule is CCCc1ccc(S(OC(=O)C(F)(F)F)(c2ccc(CCC)cc2)c2ccc(CCC)cc2)cc1. The lowest BCUT2D eigenvalue weighted by Gasteiger charge is -2.40. The summed E-state index contributed by atoms with van der Waals surface area (Å²) < 4.78 is 46.3. The average molecular weight is 503 g/mol. The van der Waals surface area contributed by atoms with Crippen molar-refractivity contribution in [1.29, 1.82) is 0 Å². The van der Waals surface area contributed by atoms with Crippen LogP contribution in [-0.2, 0) is 28.2 Å². The summed E-state index contributed by atoms with van der Waals surface area (Å²) in [5.74, 6) is -2.18. The number of hydrogen-bond donors (Lipinski definition) is 0. The van der Waals surface area contributed by atoms with Crippen molar-refractivity contribution in [2.45, 2.75) is 80.2 Å². The Labute approximate surface area is 208 Å². The summed E-state index contributed by atoms with van der Waals surface area (Å²) in [5, 5.41) is 0. The highest BCUT2D eigenvalue weighted by Gasteiger charge is 2.47. The molecule has 3 aromatic rings. The number of rotatable bonds is 10. The molecule has 0 aliphatic carbocycles. The van der Waals surface area contributed by atoms with Gasteiger partial charge in [0, 0.05) is 14.7 Å². The maximum Gasteiger partial charge on any atom is 0.491 e. The van der Waals surface area contributed by atoms with E-state index in [1.54, 1.807) is 0 Å². The summed E-state index contributed by atoms with van der Waals surface area (Å²) in [6, 6.07) is 22.4. The first-order valence-electron chi connectivity index (χ1n) is 12.2. The number of carbonyl (C=O) groups excluding carboxylic acids is 1. The zero-order valence-electron chi connectivity index (χ0n) is 20.5. The molecule has 0 saturated carbocycles. The summed E-state index contributed by atoms with van der Waals surface area (Å²) >= 11 is 0. The lowest BCUT2D eigenvalue weighted by atomic mass is 10.1. The summed E-state index contributed by atoms with van der Waals surface area (Å²) in [6.45, 7) is 6.22. The largest absolute Gasteiger partial charge is 0.491 e. The average Bonchev–Trinajstić information content (AvgIpc) is 2.84. The third-order valence-corrected chi connectivity index (χ3v) is 9.02. The molecule has 35 heavy (non-hydrogen) atoms. The summed E-state index contributed by atoms with van der Waals surface area (Å²) in [7, 11) is -2.98. The Morgan fingerprint density at radius 1 is 0.629 bits per heavy atom. The van der Waals surface area contributed by atoms with Gasteiger partial charge in [-0.15, -0.1) is 0 Å². The van der Waals surface area contributed by atoms with Crippen LogP contribution in [-0.4, -0.2) is 12.1 Å². The van der Waals surface area contributed by atoms with Crippen molar-refractivity contribution in [2.24, 2.45) is 0 Å². The van der Waals surface area contributed by atoms with Gasteiger partial charge in [-0.05, 0) is 82.7 Å². The van der Waals surface area contributed by atoms with Crippen molar-refractivity contribution >= 4 is 16.3 Å². The molecule has 0 aliphatic heterocycles. The Morgan fingerprint density at radius 2 is 0.914 bits per heavy atom. The fourth-order valence-electron chi connectivity index (χ4n) is 4.12. The summed E-state index contributed by atoms with van der Waals surface area (Å²) in [5.41, 5.74) is 3.26. The first-order valence-corrected chi connectivity index (χ1v) is 13.7. The van der Waals surface area contributed by atoms with E-state index >= 15 is 0 Å². The van der Waals surface area contributed by atoms with Crippen molar-refractivity contribution in [3.05, 3.63) is 89.5 Å². The molecular weight excluding hydrogens is 469 g/mol. The molecular formula is C29H33F3O2S. The topological polar surface area (TPSA) is 26.3 Å². The highest BCUT2D eigenvalue weighted by molar-refractivity contribution is 8.30. The minimum Gasteiger partial charge on any atom is -0.395 e. The number of carbonyl (C=O) groups is 1. The van der Waals surface area contributed by atoms with Crippen LogP contribution in [0.4, 0.5) is 13.2 Å². The second-order valence-corrected chi connectivity index (χ2v) is 11.3. The fourth-order valence-corrected chi connectivity index (χ4v) is 7.11. The fraction of sp³-hybridized carbons (Fsp3) is 0.345. The van der Waals surface area contributed by atoms with Gasteiger partial charge in [0.05, 0.1) is 0 Å². The normalized spacial score (nSPS) is 12.4. The third kappa shape index (κ3) is 6.29. The Morgan fingerprint density at radius 3 is 1.14 bits per heavy atom. The standard InChI is InChI=1S/C29H33F3O2S/c1-4-7-22-10-16-25(17-11-22)35(34-28(33)29(30,31)32,26-18-12-23(8-5-2)13-19-26)27-20-14-24(9-6-3)15-21-27/h10-21H,4-9H2,1-3H3. The van der Waals surface area contributed by atoms with Gasteiger partial charge in [-0.2, -0.15) is 13.2 Å². The molecule has 0 aromatic heterocycles. The van der Waals surface area contributed by atoms with Crippen LogP contribution in [0.2, 0.25) is 0 Å². The molecule has 3 aromatic carbocycles. The van der Waals surface area contributed by atoms with E-state index in [0.29, 0.717) is 14.7 Å². The second-order valence-electron chi connectivity index (χ2n) is 8.61. The van der Waals surface area contributed by atoms with Crippen LogP contribution >= 0.6 is 10.3 Å². The predicted molar refractivity (Wildman–Crippen MR) is 136 cm³/mol. The number of halogens is 3. The monoisotopic (exact) mass is 502 g/mol. The van der Waals surface area contributed by atoms with Crippen molar-refractivity contribution in [3.63, 3.8) is 0 Å². The lowest BCUT2D eigenvalue weighted by molar-refractivity contribution is -0.188. The minimum atomic E-state index is -5.11. The molecule has 2 nitrogen and oxygen atoms in total. The molecule has 0 spiro atoms. The van der Waals surface area contributed by atoms with Crippen molar-refractivity contribution in [1.82, 2.24) is 0 Å². The van der Waals surface area contributed by atoms with E-state index in [2.05, 4.69) is 20.8 Å². The molecule has 0 aliphatic rings. The van der Waals surface area contributed by atoms with E-state index in [9.17, 15) is 18.0 Å². The molecule has 0 radical (unpaired) electrons. The van der Waals surface area contributed by atoms with Gasteiger partial charge in [-0.3, -0.25) is 0 Å². The van der Waals surface area contributed by atoms with Crippen LogP contribution in [0.1, 0.15) is 56.7 Å². The molecule has 0 bridgehead atoms. The van der Waals surface area contributed by atoms with Crippen LogP contribution in [0.25, 0.3) is 0 Å². The highest BCUT2D eigenvalue weighted by atomic mass is 32.3. The zero-order chi connectivity index (χ0) is 25.5. The van der Waals surface area contributed by atoms with Crippen LogP contribution in [0, 0.1) is 0 Å². The molecule has 0 fully saturated rings. The number of hydrogen-bond acceptors (Lipinski definition) is 2. The van der Waals surface area contributed by atoms with E-state index < -0.39 is 22.5 Å². The van der Waals surface area contributed by atoms with E-state index in [-0.39, 0.29) is 0 Å². The van der Waals surface area contributed by atoms with Gasteiger partial charge in [0.25, 0.3) is 0 Å². The van der Waals surface area contributed by atoms with Gasteiger partial charge in [-0.25, -0.2) is 4.79 Å². The molecule has 0 saturated heterocycles. The smallest absolute Gasteiger partial charge is 0.395 e. The zero-order valence-corrected chi connectivity index (χ0v) is 21.3. The number of aryl methyl sites for hydroxylation is 3. The van der Waals surface area contributed by atoms with E-state index in [0.717, 1.165) is 55.2 Å². The molecule has 0 unspecified atom stereocenters. The third-order valence-electron chi connectivity index (χ3n) is 5.81. The first kappa shape index (κ1) is 26.9. The minimum absolute atomic E-state index is 0.557. The summed E-state index contributed by atoms with van der Waals surface area (Å²) in [6.07, 6.45) is 0.354. The van der Waals surface area contributed by atoms with Gasteiger partial charge >= 0.3 is 12.1 Å². The quantitative estimate of drug-likeness (QED) is 0.277. The highest BCUT2D eigenvalue weighted by Crippen LogP contribution is 2.69. The Balaban J connectivity index is 2.26. The van der Waals surface area contributed by atoms with Crippen LogP contribution in [0.3, 0.4) is 0 Å². The molecule has 6 heteroatoms. The van der Waals surface area contributed by atoms with E-state index in [1.807, 2.05) is 72.8 Å². The second kappa shape index (κ2) is 11.8. The van der Waals surface area contributed by atoms with Gasteiger partial charge in [0.15, 0.2) is 0 Å². The maximum absolute atomic E-state index is 13.6. The maximum atomic E-state index is 13.6. The van der Waals surface area contributed by atoms with Gasteiger partial charge in [-0.1, -0.05) is 76.4 Å². The van der Waals surface area contributed by atoms with Gasteiger partial charge in [0.1, 0.15) is 0 Å². The van der Waals surface area contributed by atoms with E-state index in [1.165, 1.54) is 0 Å². The molecule has 0 heterocycles. The predicted octanol–water partition coefficient (Wildman–Crippen LogP) is 8.85. The molecule has 0 atom stereocenters. The first-order chi connectivity index (χ1) is 16.7. The number of benzene rings is 3. The van der Waals surface area contributed by atoms with Crippen molar-refractivity contribution in [2.75, 3.05) is 0 Å². The lowest BCUT2D eigenvalue weighted by Crippen LogP contribution is -2.27. The molecule has 0 N–H and O–H groups in total. The molecule has 0 amide bonds. The summed E-state index contributed by atoms with van der Waals surface area (Å²) in [4.78, 5) is 14.1. The molecule has 3 rings (SSSR count). The number of alkyl halides is 3. The van der Waals surface area contributed by atoms with Crippen molar-refractivity contribution < 1.29 is 22.1 Å². The van der Waals surface area contributed by atoms with Crippen LogP contribution < -0.4 is 0 Å². The Kier molecular flexibility index (Phi) is 9.06. The van der Waals surface area contributed by atoms with Crippen LogP contribution in [0.5, 0.6) is 0 Å².